The Balaban J connectivity index is 1.66. The van der Waals surface area contributed by atoms with E-state index in [-0.39, 0.29) is 0 Å². The van der Waals surface area contributed by atoms with E-state index in [0.29, 0.717) is 11.1 Å². The first-order chi connectivity index (χ1) is 16.6. The molecule has 2 aromatic heterocycles. The monoisotopic (exact) mass is 443 g/mol. The smallest absolute Gasteiger partial charge is 0.124 e. The van der Waals surface area contributed by atoms with Crippen molar-refractivity contribution in [2.75, 3.05) is 7.11 Å². The number of fused-ring (bicyclic) bond motifs is 3. The lowest BCUT2D eigenvalue weighted by Gasteiger charge is -2.12. The zero-order chi connectivity index (χ0) is 23.7. The molecule has 0 N–H and O–H groups in total. The second-order valence-corrected chi connectivity index (χ2v) is 8.13. The Morgan fingerprint density at radius 2 is 1.71 bits per heavy atom. The summed E-state index contributed by atoms with van der Waals surface area (Å²) in [6.07, 6.45) is 3.28. The molecule has 0 aliphatic rings. The Morgan fingerprint density at radius 3 is 2.44 bits per heavy atom. The van der Waals surface area contributed by atoms with E-state index in [2.05, 4.69) is 23.2 Å². The summed E-state index contributed by atoms with van der Waals surface area (Å²) in [5.41, 5.74) is 6.92. The molecule has 164 valence electrons. The number of methoxy groups -OCH3 is 1. The number of pyridine rings is 1. The van der Waals surface area contributed by atoms with Crippen LogP contribution in [-0.2, 0) is 19.9 Å². The predicted octanol–water partition coefficient (Wildman–Crippen LogP) is 5.33. The summed E-state index contributed by atoms with van der Waals surface area (Å²) in [5.74, 6) is 0.776. The molecule has 0 aliphatic carbocycles. The molecule has 5 rings (SSSR count). The minimum atomic E-state index is 0.611. The highest BCUT2D eigenvalue weighted by atomic mass is 16.5. The van der Waals surface area contributed by atoms with Crippen LogP contribution in [0.5, 0.6) is 5.75 Å². The normalized spacial score (nSPS) is 10.8. The molecule has 2 heterocycles. The van der Waals surface area contributed by atoms with Gasteiger partial charge in [0.15, 0.2) is 0 Å². The molecule has 0 saturated heterocycles. The zero-order valence-corrected chi connectivity index (χ0v) is 18.9. The SMILES string of the molecule is COc1cc2ncc3c(c(-c4ccc(C#N)cc4)nn3C)c2cc1CCc1ccccc1C#N. The van der Waals surface area contributed by atoms with E-state index in [0.717, 1.165) is 62.8 Å². The quantitative estimate of drug-likeness (QED) is 0.367. The summed E-state index contributed by atoms with van der Waals surface area (Å²) in [7, 11) is 3.57. The van der Waals surface area contributed by atoms with Gasteiger partial charge in [-0.2, -0.15) is 15.6 Å². The third-order valence-corrected chi connectivity index (χ3v) is 6.17. The fraction of sp³-hybridized carbons (Fsp3) is 0.143. The van der Waals surface area contributed by atoms with Gasteiger partial charge in [-0.3, -0.25) is 9.67 Å². The molecular weight excluding hydrogens is 422 g/mol. The fourth-order valence-corrected chi connectivity index (χ4v) is 4.41. The standard InChI is InChI=1S/C28H21N5O/c1-33-25-17-31-24-14-26(34-2)21(12-11-19-5-3-4-6-22(19)16-30)13-23(24)27(25)28(32-33)20-9-7-18(15-29)8-10-20/h3-10,13-14,17H,11-12H2,1-2H3. The Labute approximate surface area is 197 Å². The first-order valence-corrected chi connectivity index (χ1v) is 10.9. The van der Waals surface area contributed by atoms with Crippen LogP contribution in [0.15, 0.2) is 66.9 Å². The van der Waals surface area contributed by atoms with Crippen LogP contribution in [0.3, 0.4) is 0 Å². The molecule has 0 saturated carbocycles. The summed E-state index contributed by atoms with van der Waals surface area (Å²) in [6.45, 7) is 0. The molecule has 6 nitrogen and oxygen atoms in total. The van der Waals surface area contributed by atoms with E-state index in [9.17, 15) is 5.26 Å². The van der Waals surface area contributed by atoms with Crippen molar-refractivity contribution in [3.05, 3.63) is 89.1 Å². The lowest BCUT2D eigenvalue weighted by atomic mass is 9.97. The number of nitriles is 2. The molecule has 0 fully saturated rings. The number of hydrogen-bond donors (Lipinski definition) is 0. The molecule has 0 radical (unpaired) electrons. The Hall–Kier alpha value is -4.68. The van der Waals surface area contributed by atoms with Gasteiger partial charge in [0.25, 0.3) is 0 Å². The van der Waals surface area contributed by atoms with Gasteiger partial charge < -0.3 is 4.74 Å². The zero-order valence-electron chi connectivity index (χ0n) is 18.9. The third kappa shape index (κ3) is 3.62. The van der Waals surface area contributed by atoms with Crippen LogP contribution >= 0.6 is 0 Å². The van der Waals surface area contributed by atoms with Gasteiger partial charge >= 0.3 is 0 Å². The lowest BCUT2D eigenvalue weighted by Crippen LogP contribution is -1.98. The van der Waals surface area contributed by atoms with Crippen molar-refractivity contribution in [1.82, 2.24) is 14.8 Å². The van der Waals surface area contributed by atoms with Gasteiger partial charge in [-0.15, -0.1) is 0 Å². The van der Waals surface area contributed by atoms with Crippen molar-refractivity contribution < 1.29 is 4.74 Å². The average Bonchev–Trinajstić information content (AvgIpc) is 3.23. The molecule has 0 spiro atoms. The van der Waals surface area contributed by atoms with E-state index in [4.69, 9.17) is 15.1 Å². The first kappa shape index (κ1) is 21.2. The highest BCUT2D eigenvalue weighted by Crippen LogP contribution is 2.36. The summed E-state index contributed by atoms with van der Waals surface area (Å²) in [5, 5.41) is 25.4. The Morgan fingerprint density at radius 1 is 0.941 bits per heavy atom. The molecule has 5 aromatic rings. The molecule has 0 unspecified atom stereocenters. The molecule has 3 aromatic carbocycles. The van der Waals surface area contributed by atoms with Gasteiger partial charge in [-0.05, 0) is 48.2 Å². The van der Waals surface area contributed by atoms with Gasteiger partial charge in [0.2, 0.25) is 0 Å². The van der Waals surface area contributed by atoms with Crippen LogP contribution in [0.2, 0.25) is 0 Å². The fourth-order valence-electron chi connectivity index (χ4n) is 4.41. The Kier molecular flexibility index (Phi) is 5.41. The van der Waals surface area contributed by atoms with Crippen molar-refractivity contribution in [2.45, 2.75) is 12.8 Å². The van der Waals surface area contributed by atoms with Gasteiger partial charge in [0.05, 0.1) is 47.6 Å². The van der Waals surface area contributed by atoms with Crippen LogP contribution in [0.4, 0.5) is 0 Å². The van der Waals surface area contributed by atoms with E-state index < -0.39 is 0 Å². The number of hydrogen-bond acceptors (Lipinski definition) is 5. The maximum Gasteiger partial charge on any atom is 0.124 e. The average molecular weight is 444 g/mol. The predicted molar refractivity (Wildman–Crippen MR) is 131 cm³/mol. The van der Waals surface area contributed by atoms with Gasteiger partial charge in [-0.25, -0.2) is 0 Å². The number of nitrogens with zero attached hydrogens (tertiary/aromatic N) is 5. The first-order valence-electron chi connectivity index (χ1n) is 10.9. The molecule has 0 atom stereocenters. The van der Waals surface area contributed by atoms with Crippen LogP contribution in [-0.4, -0.2) is 21.9 Å². The Bertz CT molecular complexity index is 1620. The second kappa shape index (κ2) is 8.69. The number of benzene rings is 3. The summed E-state index contributed by atoms with van der Waals surface area (Å²) in [4.78, 5) is 4.67. The number of aromatic nitrogens is 3. The lowest BCUT2D eigenvalue weighted by molar-refractivity contribution is 0.410. The van der Waals surface area contributed by atoms with Crippen molar-refractivity contribution in [2.24, 2.45) is 7.05 Å². The molecule has 6 heteroatoms. The largest absolute Gasteiger partial charge is 0.496 e. The molecule has 0 amide bonds. The number of ether oxygens (including phenoxy) is 1. The minimum absolute atomic E-state index is 0.611. The van der Waals surface area contributed by atoms with E-state index in [1.807, 2.05) is 60.4 Å². The van der Waals surface area contributed by atoms with Crippen LogP contribution in [0.25, 0.3) is 33.1 Å². The van der Waals surface area contributed by atoms with Crippen LogP contribution in [0, 0.1) is 22.7 Å². The van der Waals surface area contributed by atoms with Gasteiger partial charge in [0.1, 0.15) is 11.4 Å². The topological polar surface area (TPSA) is 87.5 Å². The second-order valence-electron chi connectivity index (χ2n) is 8.13. The van der Waals surface area contributed by atoms with Crippen LogP contribution < -0.4 is 4.74 Å². The van der Waals surface area contributed by atoms with Crippen molar-refractivity contribution in [3.63, 3.8) is 0 Å². The number of aryl methyl sites for hydroxylation is 3. The molecule has 34 heavy (non-hydrogen) atoms. The van der Waals surface area contributed by atoms with Crippen molar-refractivity contribution in [1.29, 1.82) is 10.5 Å². The van der Waals surface area contributed by atoms with Crippen molar-refractivity contribution >= 4 is 21.8 Å². The molecule has 0 bridgehead atoms. The third-order valence-electron chi connectivity index (χ3n) is 6.17. The molecular formula is C28H21N5O. The maximum atomic E-state index is 9.44. The highest BCUT2D eigenvalue weighted by Gasteiger charge is 2.17. The van der Waals surface area contributed by atoms with Gasteiger partial charge in [0, 0.05) is 29.4 Å². The molecule has 0 aliphatic heterocycles. The van der Waals surface area contributed by atoms with Gasteiger partial charge in [-0.1, -0.05) is 30.3 Å². The van der Waals surface area contributed by atoms with E-state index >= 15 is 0 Å². The highest BCUT2D eigenvalue weighted by molar-refractivity contribution is 6.11. The van der Waals surface area contributed by atoms with E-state index in [1.165, 1.54) is 0 Å². The summed E-state index contributed by atoms with van der Waals surface area (Å²) >= 11 is 0. The number of rotatable bonds is 5. The van der Waals surface area contributed by atoms with Crippen molar-refractivity contribution in [3.8, 4) is 29.1 Å². The minimum Gasteiger partial charge on any atom is -0.496 e. The summed E-state index contributed by atoms with van der Waals surface area (Å²) < 4.78 is 7.54. The maximum absolute atomic E-state index is 9.44. The van der Waals surface area contributed by atoms with Crippen LogP contribution in [0.1, 0.15) is 22.3 Å². The van der Waals surface area contributed by atoms with E-state index in [1.54, 1.807) is 19.2 Å². The summed E-state index contributed by atoms with van der Waals surface area (Å²) in [6, 6.07) is 23.7.